The van der Waals surface area contributed by atoms with Crippen LogP contribution in [0.25, 0.3) is 21.8 Å². The molecule has 0 spiro atoms. The number of benzene rings is 4. The van der Waals surface area contributed by atoms with E-state index in [1.54, 1.807) is 24.3 Å². The van der Waals surface area contributed by atoms with Crippen LogP contribution >= 0.6 is 0 Å². The van der Waals surface area contributed by atoms with Crippen LogP contribution in [0.1, 0.15) is 19.4 Å². The number of aromatic nitrogens is 1. The summed E-state index contributed by atoms with van der Waals surface area (Å²) >= 11 is 0. The first kappa shape index (κ1) is 31.2. The number of aliphatic hydroxyl groups is 1. The number of sulfone groups is 1. The quantitative estimate of drug-likeness (QED) is 0.158. The van der Waals surface area contributed by atoms with Gasteiger partial charge >= 0.3 is 6.18 Å². The van der Waals surface area contributed by atoms with E-state index in [1.807, 2.05) is 47.4 Å². The van der Waals surface area contributed by atoms with Crippen LogP contribution in [0.3, 0.4) is 0 Å². The van der Waals surface area contributed by atoms with Crippen LogP contribution in [0, 0.1) is 5.92 Å². The predicted molar refractivity (Wildman–Crippen MR) is 165 cm³/mol. The zero-order chi connectivity index (χ0) is 31.6. The number of hydrogen-bond donors (Lipinski definition) is 2. The minimum atomic E-state index is -4.87. The number of aliphatic hydroxyl groups excluding tert-OH is 1. The van der Waals surface area contributed by atoms with E-state index in [0.717, 1.165) is 39.8 Å². The number of rotatable bonds is 11. The Morgan fingerprint density at radius 1 is 0.886 bits per heavy atom. The van der Waals surface area contributed by atoms with Crippen LogP contribution in [0.2, 0.25) is 0 Å². The summed E-state index contributed by atoms with van der Waals surface area (Å²) in [4.78, 5) is 4.59. The van der Waals surface area contributed by atoms with Crippen molar-refractivity contribution in [2.75, 3.05) is 30.9 Å². The third-order valence-electron chi connectivity index (χ3n) is 7.03. The number of aromatic amines is 1. The van der Waals surface area contributed by atoms with Gasteiger partial charge in [0.1, 0.15) is 30.0 Å². The molecule has 0 saturated carbocycles. The summed E-state index contributed by atoms with van der Waals surface area (Å²) < 4.78 is 76.1. The Morgan fingerprint density at radius 2 is 1.57 bits per heavy atom. The van der Waals surface area contributed by atoms with Gasteiger partial charge in [-0.05, 0) is 66.6 Å². The Morgan fingerprint density at radius 3 is 2.25 bits per heavy atom. The van der Waals surface area contributed by atoms with Crippen LogP contribution in [0.5, 0.6) is 17.2 Å². The molecule has 2 N–H and O–H groups in total. The molecule has 7 nitrogen and oxygen atoms in total. The summed E-state index contributed by atoms with van der Waals surface area (Å²) in [5, 5.41) is 13.0. The van der Waals surface area contributed by atoms with E-state index in [9.17, 15) is 26.7 Å². The van der Waals surface area contributed by atoms with E-state index in [2.05, 4.69) is 18.8 Å². The average Bonchev–Trinajstić information content (AvgIpc) is 3.34. The lowest BCUT2D eigenvalue weighted by atomic mass is 10.1. The fourth-order valence-corrected chi connectivity index (χ4v) is 6.08. The highest BCUT2D eigenvalue weighted by Crippen LogP contribution is 2.38. The topological polar surface area (TPSA) is 91.9 Å². The van der Waals surface area contributed by atoms with Crippen LogP contribution < -0.4 is 14.4 Å². The zero-order valence-electron chi connectivity index (χ0n) is 24.4. The van der Waals surface area contributed by atoms with Crippen molar-refractivity contribution in [1.82, 2.24) is 4.98 Å². The summed E-state index contributed by atoms with van der Waals surface area (Å²) in [5.74, 6) is 1.07. The highest BCUT2D eigenvalue weighted by molar-refractivity contribution is 7.90. The Bertz CT molecular complexity index is 1870. The number of alkyl halides is 3. The molecule has 4 aromatic carbocycles. The summed E-state index contributed by atoms with van der Waals surface area (Å²) in [6, 6.07) is 23.2. The van der Waals surface area contributed by atoms with E-state index in [-0.39, 0.29) is 30.6 Å². The van der Waals surface area contributed by atoms with Crippen LogP contribution in [-0.2, 0) is 16.0 Å². The van der Waals surface area contributed by atoms with Gasteiger partial charge in [-0.2, -0.15) is 13.2 Å². The predicted octanol–water partition coefficient (Wildman–Crippen LogP) is 7.44. The van der Waals surface area contributed by atoms with Crippen molar-refractivity contribution in [3.8, 4) is 17.2 Å². The van der Waals surface area contributed by atoms with Crippen molar-refractivity contribution in [2.45, 2.75) is 31.0 Å². The number of halogens is 3. The number of ether oxygens (including phenoxy) is 2. The lowest BCUT2D eigenvalue weighted by Crippen LogP contribution is -2.37. The normalized spacial score (nSPS) is 13.0. The lowest BCUT2D eigenvalue weighted by Gasteiger charge is -2.29. The molecule has 0 unspecified atom stereocenters. The van der Waals surface area contributed by atoms with E-state index in [4.69, 9.17) is 9.47 Å². The van der Waals surface area contributed by atoms with Crippen molar-refractivity contribution < 1.29 is 36.2 Å². The highest BCUT2D eigenvalue weighted by Gasteiger charge is 2.36. The molecule has 0 saturated heterocycles. The Labute approximate surface area is 253 Å². The van der Waals surface area contributed by atoms with Gasteiger partial charge in [0.15, 0.2) is 9.84 Å². The molecule has 1 heterocycles. The van der Waals surface area contributed by atoms with Gasteiger partial charge in [0, 0.05) is 41.3 Å². The monoisotopic (exact) mass is 626 g/mol. The third-order valence-corrected chi connectivity index (χ3v) is 8.19. The van der Waals surface area contributed by atoms with E-state index in [0.29, 0.717) is 18.4 Å². The summed E-state index contributed by atoms with van der Waals surface area (Å²) in [6.45, 7) is 5.10. The number of nitrogens with zero attached hydrogens (tertiary/aromatic N) is 1. The largest absolute Gasteiger partial charge is 0.490 e. The second-order valence-corrected chi connectivity index (χ2v) is 13.1. The fraction of sp³-hybridized carbons (Fsp3) is 0.273. The molecule has 11 heteroatoms. The van der Waals surface area contributed by atoms with Gasteiger partial charge < -0.3 is 24.5 Å². The molecule has 0 radical (unpaired) electrons. The number of H-pyrrole nitrogens is 1. The first-order valence-electron chi connectivity index (χ1n) is 14.0. The first-order valence-corrected chi connectivity index (χ1v) is 15.9. The maximum atomic E-state index is 13.6. The van der Waals surface area contributed by atoms with Gasteiger partial charge in [-0.3, -0.25) is 0 Å². The van der Waals surface area contributed by atoms with Crippen molar-refractivity contribution >= 4 is 37.3 Å². The van der Waals surface area contributed by atoms with Crippen LogP contribution in [0.4, 0.5) is 18.9 Å². The third kappa shape index (κ3) is 7.11. The van der Waals surface area contributed by atoms with Crippen molar-refractivity contribution in [2.24, 2.45) is 5.92 Å². The molecule has 0 fully saturated rings. The van der Waals surface area contributed by atoms with Gasteiger partial charge in [-0.1, -0.05) is 38.1 Å². The minimum absolute atomic E-state index is 0.0689. The summed E-state index contributed by atoms with van der Waals surface area (Å²) in [7, 11) is -4.09. The SMILES string of the molecule is CC(C)CN(C[C@H](O)COc1cccc2[nH]c3ccccc3c12)c1ccc(Oc2ccc(S(C)(=O)=O)c(C(F)(F)F)c2)cc1. The zero-order valence-corrected chi connectivity index (χ0v) is 25.2. The standard InChI is InChI=1S/C33H33F3N2O5S/c1-21(2)18-38(19-23(39)20-42-30-10-6-9-29-32(30)26-7-4-5-8-28(26)37-29)22-11-13-24(14-12-22)43-25-15-16-31(44(3,40)41)27(17-25)33(34,35)36/h4-17,21,23,37,39H,18-20H2,1-3H3/t23-/m0/s1. The first-order chi connectivity index (χ1) is 20.8. The Hall–Kier alpha value is -4.22. The Kier molecular flexibility index (Phi) is 8.80. The molecule has 0 aliphatic carbocycles. The average molecular weight is 627 g/mol. The molecule has 1 aromatic heterocycles. The second-order valence-electron chi connectivity index (χ2n) is 11.1. The van der Waals surface area contributed by atoms with E-state index >= 15 is 0 Å². The second kappa shape index (κ2) is 12.4. The maximum Gasteiger partial charge on any atom is 0.417 e. The number of para-hydroxylation sites is 1. The van der Waals surface area contributed by atoms with Gasteiger partial charge in [0.25, 0.3) is 0 Å². The summed E-state index contributed by atoms with van der Waals surface area (Å²) in [5.41, 5.74) is 1.45. The number of hydrogen-bond acceptors (Lipinski definition) is 6. The minimum Gasteiger partial charge on any atom is -0.490 e. The molecule has 0 bridgehead atoms. The van der Waals surface area contributed by atoms with Gasteiger partial charge in [0.2, 0.25) is 0 Å². The molecule has 0 amide bonds. The van der Waals surface area contributed by atoms with Gasteiger partial charge in [-0.15, -0.1) is 0 Å². The Balaban J connectivity index is 1.29. The molecule has 232 valence electrons. The molecular formula is C33H33F3N2O5S. The molecule has 0 aliphatic rings. The van der Waals surface area contributed by atoms with Crippen molar-refractivity contribution in [3.05, 3.63) is 90.5 Å². The molecule has 0 aliphatic heterocycles. The molecular weight excluding hydrogens is 593 g/mol. The van der Waals surface area contributed by atoms with Crippen molar-refractivity contribution in [1.29, 1.82) is 0 Å². The summed E-state index contributed by atoms with van der Waals surface area (Å²) in [6.07, 6.45) is -4.96. The van der Waals surface area contributed by atoms with Crippen LogP contribution in [-0.4, -0.2) is 50.6 Å². The fourth-order valence-electron chi connectivity index (χ4n) is 5.19. The number of nitrogens with one attached hydrogen (secondary N) is 1. The molecule has 5 aromatic rings. The molecule has 5 rings (SSSR count). The molecule has 44 heavy (non-hydrogen) atoms. The smallest absolute Gasteiger partial charge is 0.417 e. The number of fused-ring (bicyclic) bond motifs is 3. The van der Waals surface area contributed by atoms with Gasteiger partial charge in [-0.25, -0.2) is 8.42 Å². The number of anilines is 1. The van der Waals surface area contributed by atoms with E-state index in [1.165, 1.54) is 6.07 Å². The van der Waals surface area contributed by atoms with Crippen LogP contribution in [0.15, 0.2) is 89.8 Å². The highest BCUT2D eigenvalue weighted by atomic mass is 32.2. The molecule has 1 atom stereocenters. The van der Waals surface area contributed by atoms with Gasteiger partial charge in [0.05, 0.1) is 16.0 Å². The van der Waals surface area contributed by atoms with E-state index < -0.39 is 32.6 Å². The van der Waals surface area contributed by atoms with Crippen molar-refractivity contribution in [3.63, 3.8) is 0 Å². The lowest BCUT2D eigenvalue weighted by molar-refractivity contribution is -0.140. The maximum absolute atomic E-state index is 13.6.